The van der Waals surface area contributed by atoms with Gasteiger partial charge < -0.3 is 10.2 Å². The molecule has 0 fully saturated rings. The van der Waals surface area contributed by atoms with E-state index in [0.29, 0.717) is 15.6 Å². The molecule has 0 saturated heterocycles. The zero-order chi connectivity index (χ0) is 16.8. The fourth-order valence-electron chi connectivity index (χ4n) is 3.05. The molecule has 4 aromatic rings. The van der Waals surface area contributed by atoms with E-state index in [-0.39, 0.29) is 11.5 Å². The Hall–Kier alpha value is -2.04. The van der Waals surface area contributed by atoms with Crippen molar-refractivity contribution in [3.8, 4) is 22.6 Å². The van der Waals surface area contributed by atoms with Gasteiger partial charge in [-0.3, -0.25) is 0 Å². The summed E-state index contributed by atoms with van der Waals surface area (Å²) in [6.07, 6.45) is 0. The van der Waals surface area contributed by atoms with E-state index in [1.54, 1.807) is 0 Å². The maximum absolute atomic E-state index is 10.8. The van der Waals surface area contributed by atoms with Crippen LogP contribution >= 0.6 is 31.9 Å². The minimum atomic E-state index is 0.145. The van der Waals surface area contributed by atoms with Crippen LogP contribution in [0.25, 0.3) is 32.7 Å². The maximum atomic E-state index is 10.8. The van der Waals surface area contributed by atoms with Crippen molar-refractivity contribution in [3.63, 3.8) is 0 Å². The van der Waals surface area contributed by atoms with E-state index in [1.165, 1.54) is 0 Å². The monoisotopic (exact) mass is 442 g/mol. The number of hydrogen-bond acceptors (Lipinski definition) is 2. The van der Waals surface area contributed by atoms with Gasteiger partial charge in [-0.2, -0.15) is 0 Å². The van der Waals surface area contributed by atoms with Crippen LogP contribution in [0, 0.1) is 0 Å². The van der Waals surface area contributed by atoms with Crippen LogP contribution in [0.5, 0.6) is 11.5 Å². The predicted octanol–water partition coefficient (Wildman–Crippen LogP) is 6.60. The molecule has 0 aliphatic rings. The summed E-state index contributed by atoms with van der Waals surface area (Å²) in [4.78, 5) is 0. The number of fused-ring (bicyclic) bond motifs is 2. The number of benzene rings is 4. The van der Waals surface area contributed by atoms with Crippen LogP contribution in [0.1, 0.15) is 0 Å². The average Bonchev–Trinajstić information content (AvgIpc) is 2.62. The summed E-state index contributed by atoms with van der Waals surface area (Å²) in [7, 11) is 0. The van der Waals surface area contributed by atoms with E-state index >= 15 is 0 Å². The molecule has 0 unspecified atom stereocenters. The van der Waals surface area contributed by atoms with Crippen LogP contribution < -0.4 is 0 Å². The van der Waals surface area contributed by atoms with E-state index < -0.39 is 0 Å². The van der Waals surface area contributed by atoms with E-state index in [4.69, 9.17) is 0 Å². The van der Waals surface area contributed by atoms with Crippen LogP contribution in [0.2, 0.25) is 0 Å². The molecular formula is C20H12Br2O2. The Bertz CT molecular complexity index is 1100. The minimum absolute atomic E-state index is 0.145. The first-order chi connectivity index (χ1) is 11.6. The molecule has 0 bridgehead atoms. The van der Waals surface area contributed by atoms with E-state index in [9.17, 15) is 10.2 Å². The lowest BCUT2D eigenvalue weighted by Gasteiger charge is -2.15. The second-order valence-electron chi connectivity index (χ2n) is 5.58. The first-order valence-corrected chi connectivity index (χ1v) is 8.98. The fourth-order valence-corrected chi connectivity index (χ4v) is 4.21. The number of aromatic hydroxyl groups is 2. The van der Waals surface area contributed by atoms with Crippen molar-refractivity contribution >= 4 is 53.4 Å². The fraction of sp³-hybridized carbons (Fsp3) is 0. The summed E-state index contributed by atoms with van der Waals surface area (Å²) < 4.78 is 1.56. The molecule has 0 atom stereocenters. The number of rotatable bonds is 1. The molecule has 24 heavy (non-hydrogen) atoms. The minimum Gasteiger partial charge on any atom is -0.507 e. The molecule has 2 nitrogen and oxygen atoms in total. The number of phenols is 2. The van der Waals surface area contributed by atoms with E-state index in [1.807, 2.05) is 60.7 Å². The third-order valence-corrected chi connectivity index (χ3v) is 6.39. The molecule has 0 aliphatic carbocycles. The predicted molar refractivity (Wildman–Crippen MR) is 106 cm³/mol. The van der Waals surface area contributed by atoms with Crippen molar-refractivity contribution in [1.29, 1.82) is 0 Å². The summed E-state index contributed by atoms with van der Waals surface area (Å²) in [5.74, 6) is 0.303. The van der Waals surface area contributed by atoms with Gasteiger partial charge in [-0.1, -0.05) is 54.6 Å². The van der Waals surface area contributed by atoms with Crippen molar-refractivity contribution in [3.05, 3.63) is 69.6 Å². The Balaban J connectivity index is 2.13. The third-order valence-electron chi connectivity index (χ3n) is 4.24. The summed E-state index contributed by atoms with van der Waals surface area (Å²) >= 11 is 7.17. The largest absolute Gasteiger partial charge is 0.507 e. The lowest BCUT2D eigenvalue weighted by molar-refractivity contribution is 0.475. The zero-order valence-corrected chi connectivity index (χ0v) is 15.6. The van der Waals surface area contributed by atoms with Gasteiger partial charge in [0.1, 0.15) is 11.5 Å². The molecule has 4 aromatic carbocycles. The molecule has 0 aliphatic heterocycles. The molecule has 0 spiro atoms. The second kappa shape index (κ2) is 5.80. The van der Waals surface area contributed by atoms with E-state index in [0.717, 1.165) is 26.0 Å². The molecule has 0 aromatic heterocycles. The van der Waals surface area contributed by atoms with Crippen molar-refractivity contribution in [2.45, 2.75) is 0 Å². The zero-order valence-electron chi connectivity index (χ0n) is 12.4. The Labute approximate surface area is 155 Å². The van der Waals surface area contributed by atoms with Crippen LogP contribution in [-0.4, -0.2) is 10.2 Å². The van der Waals surface area contributed by atoms with Crippen LogP contribution in [0.4, 0.5) is 0 Å². The molecule has 118 valence electrons. The Morgan fingerprint density at radius 1 is 0.583 bits per heavy atom. The Morgan fingerprint density at radius 3 is 1.96 bits per heavy atom. The highest BCUT2D eigenvalue weighted by atomic mass is 79.9. The third kappa shape index (κ3) is 2.21. The van der Waals surface area contributed by atoms with Crippen molar-refractivity contribution < 1.29 is 10.2 Å². The van der Waals surface area contributed by atoms with Crippen LogP contribution in [0.15, 0.2) is 69.6 Å². The second-order valence-corrected chi connectivity index (χ2v) is 7.17. The molecule has 0 amide bonds. The maximum Gasteiger partial charge on any atom is 0.132 e. The van der Waals surface area contributed by atoms with Gasteiger partial charge in [0.25, 0.3) is 0 Å². The topological polar surface area (TPSA) is 40.5 Å². The van der Waals surface area contributed by atoms with Crippen molar-refractivity contribution in [2.24, 2.45) is 0 Å². The highest BCUT2D eigenvalue weighted by Gasteiger charge is 2.20. The Kier molecular flexibility index (Phi) is 3.74. The first kappa shape index (κ1) is 15.5. The summed E-state index contributed by atoms with van der Waals surface area (Å²) in [6.45, 7) is 0. The highest BCUT2D eigenvalue weighted by molar-refractivity contribution is 9.13. The standard InChI is InChI=1S/C20H12Br2O2/c21-17-13-7-3-4-8-14(13)20(24)16(18(17)22)15-10-9-11-5-1-2-6-12(11)19(15)23/h1-10,23-24H. The van der Waals surface area contributed by atoms with Gasteiger partial charge in [0.15, 0.2) is 0 Å². The SMILES string of the molecule is Oc1c(-c2c(Br)c(Br)c3ccccc3c2O)ccc2ccccc12. The molecule has 0 heterocycles. The highest BCUT2D eigenvalue weighted by Crippen LogP contribution is 2.49. The molecule has 4 rings (SSSR count). The Morgan fingerprint density at radius 2 is 1.21 bits per heavy atom. The quantitative estimate of drug-likeness (QED) is 0.348. The van der Waals surface area contributed by atoms with Crippen LogP contribution in [-0.2, 0) is 0 Å². The number of hydrogen-bond donors (Lipinski definition) is 2. The van der Waals surface area contributed by atoms with Gasteiger partial charge in [0.05, 0.1) is 0 Å². The van der Waals surface area contributed by atoms with Gasteiger partial charge in [-0.25, -0.2) is 0 Å². The summed E-state index contributed by atoms with van der Waals surface area (Å²) in [6, 6.07) is 19.0. The molecule has 0 radical (unpaired) electrons. The first-order valence-electron chi connectivity index (χ1n) is 7.39. The number of phenolic OH excluding ortho intramolecular Hbond substituents is 2. The van der Waals surface area contributed by atoms with Gasteiger partial charge in [0.2, 0.25) is 0 Å². The van der Waals surface area contributed by atoms with Gasteiger partial charge >= 0.3 is 0 Å². The van der Waals surface area contributed by atoms with Crippen molar-refractivity contribution in [1.82, 2.24) is 0 Å². The van der Waals surface area contributed by atoms with Gasteiger partial charge in [-0.05, 0) is 43.3 Å². The smallest absolute Gasteiger partial charge is 0.132 e. The lowest BCUT2D eigenvalue weighted by Crippen LogP contribution is -1.88. The average molecular weight is 444 g/mol. The summed E-state index contributed by atoms with van der Waals surface area (Å²) in [5, 5.41) is 25.0. The van der Waals surface area contributed by atoms with Crippen LogP contribution in [0.3, 0.4) is 0 Å². The molecule has 4 heteroatoms. The van der Waals surface area contributed by atoms with Crippen molar-refractivity contribution in [2.75, 3.05) is 0 Å². The normalized spacial score (nSPS) is 11.2. The lowest BCUT2D eigenvalue weighted by atomic mass is 9.96. The molecule has 0 saturated carbocycles. The number of halogens is 2. The summed E-state index contributed by atoms with van der Waals surface area (Å²) in [5.41, 5.74) is 1.16. The van der Waals surface area contributed by atoms with Gasteiger partial charge in [-0.15, -0.1) is 0 Å². The van der Waals surface area contributed by atoms with Gasteiger partial charge in [0, 0.05) is 36.2 Å². The van der Waals surface area contributed by atoms with E-state index in [2.05, 4.69) is 31.9 Å². The molecular weight excluding hydrogens is 432 g/mol. The molecule has 2 N–H and O–H groups in total.